The van der Waals surface area contributed by atoms with Gasteiger partial charge in [-0.3, -0.25) is 14.4 Å². The minimum atomic E-state index is -0.814. The Labute approximate surface area is 419 Å². The fourth-order valence-corrected chi connectivity index (χ4v) is 7.37. The lowest BCUT2D eigenvalue weighted by molar-refractivity contribution is -0.167. The van der Waals surface area contributed by atoms with Crippen LogP contribution in [0.1, 0.15) is 245 Å². The Bertz CT molecular complexity index is 1410. The molecule has 0 aromatic heterocycles. The SMILES string of the molecule is CC/C=C\C/C=C\C/C=C\CCCCCCCCCCCC(=O)OCC(COC(=O)CCCCCCCCC/C=C\C/C=C\CC)OC(=O)CCC/C=C\C/C=C\C/C=C\C/C=C\CCCCC. The van der Waals surface area contributed by atoms with Gasteiger partial charge in [-0.05, 0) is 116 Å². The van der Waals surface area contributed by atoms with Crippen molar-refractivity contribution in [2.45, 2.75) is 252 Å². The van der Waals surface area contributed by atoms with Gasteiger partial charge in [0.2, 0.25) is 0 Å². The highest BCUT2D eigenvalue weighted by atomic mass is 16.6. The van der Waals surface area contributed by atoms with Crippen molar-refractivity contribution in [2.75, 3.05) is 13.2 Å². The lowest BCUT2D eigenvalue weighted by Gasteiger charge is -2.18. The molecule has 0 aliphatic heterocycles. The van der Waals surface area contributed by atoms with Crippen LogP contribution in [0.3, 0.4) is 0 Å². The molecular weight excluding hydrogens is 841 g/mol. The fraction of sp³-hybridized carbons (Fsp3) is 0.661. The summed E-state index contributed by atoms with van der Waals surface area (Å²) >= 11 is 0. The van der Waals surface area contributed by atoms with Gasteiger partial charge >= 0.3 is 17.9 Å². The molecule has 0 aliphatic carbocycles. The number of rotatable bonds is 49. The van der Waals surface area contributed by atoms with E-state index in [1.165, 1.54) is 96.3 Å². The summed E-state index contributed by atoms with van der Waals surface area (Å²) < 4.78 is 16.8. The van der Waals surface area contributed by atoms with Gasteiger partial charge in [-0.2, -0.15) is 0 Å². The third kappa shape index (κ3) is 53.0. The molecule has 6 heteroatoms. The van der Waals surface area contributed by atoms with Crippen LogP contribution in [-0.4, -0.2) is 37.2 Å². The number of hydrogen-bond donors (Lipinski definition) is 0. The number of carbonyl (C=O) groups is 3. The Morgan fingerprint density at radius 3 is 0.941 bits per heavy atom. The van der Waals surface area contributed by atoms with Crippen LogP contribution >= 0.6 is 0 Å². The highest BCUT2D eigenvalue weighted by Crippen LogP contribution is 2.14. The lowest BCUT2D eigenvalue weighted by Crippen LogP contribution is -2.30. The number of unbranched alkanes of at least 4 members (excludes halogenated alkanes) is 20. The van der Waals surface area contributed by atoms with Crippen molar-refractivity contribution < 1.29 is 28.6 Å². The molecule has 68 heavy (non-hydrogen) atoms. The Morgan fingerprint density at radius 1 is 0.309 bits per heavy atom. The van der Waals surface area contributed by atoms with E-state index in [9.17, 15) is 14.4 Å². The Morgan fingerprint density at radius 2 is 0.588 bits per heavy atom. The average molecular weight is 943 g/mol. The van der Waals surface area contributed by atoms with Crippen LogP contribution in [0.25, 0.3) is 0 Å². The van der Waals surface area contributed by atoms with Crippen LogP contribution in [0.5, 0.6) is 0 Å². The maximum absolute atomic E-state index is 12.8. The van der Waals surface area contributed by atoms with Gasteiger partial charge in [0.1, 0.15) is 13.2 Å². The molecule has 0 rings (SSSR count). The van der Waals surface area contributed by atoms with Crippen molar-refractivity contribution >= 4 is 17.9 Å². The van der Waals surface area contributed by atoms with E-state index in [0.717, 1.165) is 103 Å². The van der Waals surface area contributed by atoms with Gasteiger partial charge in [-0.15, -0.1) is 0 Å². The van der Waals surface area contributed by atoms with E-state index in [-0.39, 0.29) is 37.5 Å². The summed E-state index contributed by atoms with van der Waals surface area (Å²) in [5.41, 5.74) is 0. The first-order valence-corrected chi connectivity index (χ1v) is 27.9. The van der Waals surface area contributed by atoms with Crippen LogP contribution in [-0.2, 0) is 28.6 Å². The molecule has 0 fully saturated rings. The summed E-state index contributed by atoms with van der Waals surface area (Å²) in [6.45, 7) is 6.34. The molecule has 0 radical (unpaired) electrons. The first kappa shape index (κ1) is 64.1. The van der Waals surface area contributed by atoms with Crippen molar-refractivity contribution in [1.82, 2.24) is 0 Å². The van der Waals surface area contributed by atoms with E-state index in [4.69, 9.17) is 14.2 Å². The molecule has 0 saturated carbocycles. The Balaban J connectivity index is 4.48. The summed E-state index contributed by atoms with van der Waals surface area (Å²) in [6, 6.07) is 0. The zero-order chi connectivity index (χ0) is 49.3. The summed E-state index contributed by atoms with van der Waals surface area (Å²) in [4.78, 5) is 38.1. The van der Waals surface area contributed by atoms with Gasteiger partial charge in [0.05, 0.1) is 0 Å². The third-order valence-electron chi connectivity index (χ3n) is 11.5. The topological polar surface area (TPSA) is 78.9 Å². The molecule has 0 spiro atoms. The Hall–Kier alpha value is -3.93. The van der Waals surface area contributed by atoms with Crippen LogP contribution in [0.15, 0.2) is 109 Å². The van der Waals surface area contributed by atoms with E-state index in [1.807, 2.05) is 0 Å². The second kappa shape index (κ2) is 55.7. The first-order valence-electron chi connectivity index (χ1n) is 27.9. The number of allylic oxidation sites excluding steroid dienone is 18. The molecule has 0 aromatic rings. The van der Waals surface area contributed by atoms with Crippen molar-refractivity contribution in [3.63, 3.8) is 0 Å². The number of carbonyl (C=O) groups excluding carboxylic acids is 3. The second-order valence-electron chi connectivity index (χ2n) is 18.1. The minimum absolute atomic E-state index is 0.107. The molecule has 0 aromatic carbocycles. The van der Waals surface area contributed by atoms with E-state index in [0.29, 0.717) is 19.3 Å². The first-order chi connectivity index (χ1) is 33.5. The molecule has 0 heterocycles. The summed E-state index contributed by atoms with van der Waals surface area (Å²) in [5, 5.41) is 0. The summed E-state index contributed by atoms with van der Waals surface area (Å²) in [6.07, 6.45) is 75.1. The quantitative estimate of drug-likeness (QED) is 0.0262. The highest BCUT2D eigenvalue weighted by molar-refractivity contribution is 5.71. The van der Waals surface area contributed by atoms with Crippen molar-refractivity contribution in [3.8, 4) is 0 Å². The smallest absolute Gasteiger partial charge is 0.306 e. The van der Waals surface area contributed by atoms with E-state index < -0.39 is 6.10 Å². The maximum Gasteiger partial charge on any atom is 0.306 e. The largest absolute Gasteiger partial charge is 0.462 e. The van der Waals surface area contributed by atoms with Crippen molar-refractivity contribution in [2.24, 2.45) is 0 Å². The van der Waals surface area contributed by atoms with E-state index in [1.54, 1.807) is 0 Å². The summed E-state index contributed by atoms with van der Waals surface area (Å²) in [5.74, 6) is -0.978. The predicted molar refractivity (Wildman–Crippen MR) is 293 cm³/mol. The van der Waals surface area contributed by atoms with Gasteiger partial charge in [0.25, 0.3) is 0 Å². The standard InChI is InChI=1S/C62H102O6/c1-4-7-10-13-16-19-22-25-28-30-31-33-34-37-40-43-46-49-52-55-61(64)67-58-59(57-66-60(63)54-51-48-45-42-39-36-27-24-21-18-15-12-9-6-3)68-62(65)56-53-50-47-44-41-38-35-32-29-26-23-20-17-14-11-8-5-2/h7,9-10,12,16-21,25-26,28-29,35,38,44,47,59H,4-6,8,11,13-15,22-24,27,30-34,36-37,39-43,45-46,48-58H2,1-3H3/b10-7-,12-9-,19-16-,20-17-,21-18-,28-25-,29-26-,38-35-,47-44-. The summed E-state index contributed by atoms with van der Waals surface area (Å²) in [7, 11) is 0. The predicted octanol–water partition coefficient (Wildman–Crippen LogP) is 18.7. The van der Waals surface area contributed by atoms with E-state index in [2.05, 4.69) is 130 Å². The molecule has 386 valence electrons. The zero-order valence-electron chi connectivity index (χ0n) is 44.1. The maximum atomic E-state index is 12.8. The van der Waals surface area contributed by atoms with Crippen molar-refractivity contribution in [1.29, 1.82) is 0 Å². The molecule has 0 bridgehead atoms. The molecule has 0 amide bonds. The second-order valence-corrected chi connectivity index (χ2v) is 18.1. The minimum Gasteiger partial charge on any atom is -0.462 e. The third-order valence-corrected chi connectivity index (χ3v) is 11.5. The van der Waals surface area contributed by atoms with Crippen LogP contribution in [0, 0.1) is 0 Å². The highest BCUT2D eigenvalue weighted by Gasteiger charge is 2.19. The van der Waals surface area contributed by atoms with Gasteiger partial charge in [0, 0.05) is 19.3 Å². The number of hydrogen-bond acceptors (Lipinski definition) is 6. The van der Waals surface area contributed by atoms with Crippen LogP contribution in [0.2, 0.25) is 0 Å². The van der Waals surface area contributed by atoms with Crippen LogP contribution < -0.4 is 0 Å². The number of esters is 3. The normalized spacial score (nSPS) is 12.9. The van der Waals surface area contributed by atoms with Crippen molar-refractivity contribution in [3.05, 3.63) is 109 Å². The molecular formula is C62H102O6. The Kier molecular flexibility index (Phi) is 52.4. The molecule has 0 aliphatic rings. The van der Waals surface area contributed by atoms with E-state index >= 15 is 0 Å². The molecule has 0 N–H and O–H groups in total. The van der Waals surface area contributed by atoms with Gasteiger partial charge in [-0.25, -0.2) is 0 Å². The van der Waals surface area contributed by atoms with Gasteiger partial charge in [-0.1, -0.05) is 220 Å². The number of ether oxygens (including phenoxy) is 3. The lowest BCUT2D eigenvalue weighted by atomic mass is 10.1. The monoisotopic (exact) mass is 943 g/mol. The molecule has 0 saturated heterocycles. The fourth-order valence-electron chi connectivity index (χ4n) is 7.37. The average Bonchev–Trinajstić information content (AvgIpc) is 3.34. The molecule has 6 nitrogen and oxygen atoms in total. The van der Waals surface area contributed by atoms with Gasteiger partial charge < -0.3 is 14.2 Å². The van der Waals surface area contributed by atoms with Crippen LogP contribution in [0.4, 0.5) is 0 Å². The molecule has 1 unspecified atom stereocenters. The molecule has 1 atom stereocenters. The zero-order valence-corrected chi connectivity index (χ0v) is 44.1. The van der Waals surface area contributed by atoms with Gasteiger partial charge in [0.15, 0.2) is 6.10 Å².